The van der Waals surface area contributed by atoms with E-state index in [4.69, 9.17) is 23.8 Å². The lowest BCUT2D eigenvalue weighted by Gasteiger charge is -2.11. The summed E-state index contributed by atoms with van der Waals surface area (Å²) in [7, 11) is 0. The lowest BCUT2D eigenvalue weighted by Crippen LogP contribution is -2.06. The van der Waals surface area contributed by atoms with Crippen LogP contribution >= 0.6 is 0 Å². The molecule has 0 N–H and O–H groups in total. The van der Waals surface area contributed by atoms with Crippen LogP contribution in [0.3, 0.4) is 0 Å². The third-order valence-corrected chi connectivity index (χ3v) is 11.6. The molecule has 0 amide bonds. The van der Waals surface area contributed by atoms with E-state index in [1.54, 1.807) is 0 Å². The van der Waals surface area contributed by atoms with E-state index in [1.807, 2.05) is 60.7 Å². The molecule has 270 valence electrons. The first kappa shape index (κ1) is 31.2. The van der Waals surface area contributed by atoms with Crippen LogP contribution in [0.25, 0.3) is 122 Å². The molecule has 0 saturated carbocycles. The van der Waals surface area contributed by atoms with E-state index < -0.39 is 0 Å². The molecule has 8 aromatic carbocycles. The van der Waals surface area contributed by atoms with Gasteiger partial charge in [0.2, 0.25) is 5.95 Å². The molecule has 0 radical (unpaired) electrons. The molecule has 0 fully saturated rings. The van der Waals surface area contributed by atoms with Crippen LogP contribution in [-0.2, 0) is 0 Å². The minimum atomic E-state index is 0.499. The number of para-hydroxylation sites is 7. The van der Waals surface area contributed by atoms with Crippen molar-refractivity contribution in [1.82, 2.24) is 24.1 Å². The Kier molecular flexibility index (Phi) is 6.32. The third-order valence-electron chi connectivity index (χ3n) is 11.6. The van der Waals surface area contributed by atoms with Gasteiger partial charge in [-0.2, -0.15) is 9.97 Å². The quantitative estimate of drug-likeness (QED) is 0.179. The van der Waals surface area contributed by atoms with E-state index in [0.717, 1.165) is 93.5 Å². The average Bonchev–Trinajstić information content (AvgIpc) is 4.04. The summed E-state index contributed by atoms with van der Waals surface area (Å²) in [5.74, 6) is 1.51. The average molecular weight is 744 g/mol. The van der Waals surface area contributed by atoms with Gasteiger partial charge in [0.1, 0.15) is 22.3 Å². The molecular weight excluding hydrogens is 715 g/mol. The van der Waals surface area contributed by atoms with Crippen molar-refractivity contribution in [2.45, 2.75) is 0 Å². The number of nitrogens with zero attached hydrogens (tertiary/aromatic N) is 5. The van der Waals surface area contributed by atoms with Crippen molar-refractivity contribution < 1.29 is 8.83 Å². The number of fused-ring (bicyclic) bond motifs is 13. The van der Waals surface area contributed by atoms with Crippen molar-refractivity contribution in [3.8, 4) is 34.4 Å². The molecular formula is C51H29N5O2. The van der Waals surface area contributed by atoms with Crippen LogP contribution in [-0.4, -0.2) is 24.1 Å². The molecule has 0 bridgehead atoms. The number of benzene rings is 8. The summed E-state index contributed by atoms with van der Waals surface area (Å²) in [4.78, 5) is 16.0. The SMILES string of the molecule is c1ccc(-n2c3ccccc3c3c4c5ccccc5n(-c5nc(-c6cccc7c6oc6ccccc67)nc(-c6cccc7c6oc6ccccc67)n5)c4ccc32)cc1. The molecule has 7 heteroatoms. The maximum Gasteiger partial charge on any atom is 0.238 e. The Morgan fingerprint density at radius 1 is 0.328 bits per heavy atom. The van der Waals surface area contributed by atoms with Crippen LogP contribution in [0.2, 0.25) is 0 Å². The fourth-order valence-electron chi connectivity index (χ4n) is 9.14. The summed E-state index contributed by atoms with van der Waals surface area (Å²) < 4.78 is 17.7. The van der Waals surface area contributed by atoms with Gasteiger partial charge in [-0.15, -0.1) is 0 Å². The number of furan rings is 2. The molecule has 5 aromatic heterocycles. The fraction of sp³-hybridized carbons (Fsp3) is 0. The number of aromatic nitrogens is 5. The summed E-state index contributed by atoms with van der Waals surface area (Å²) in [6, 6.07) is 60.8. The standard InChI is InChI=1S/C51H29N5O2/c1-2-14-30(15-3-1)55-39-24-8-4-18-35(39)45-41(55)28-29-42-46(45)36-19-5-9-25-40(36)56(42)51-53-49(37-22-12-20-33-31-16-6-10-26-43(31)57-47(33)37)52-50(54-51)38-23-13-21-34-32-17-7-11-27-44(32)58-48(34)38/h1-29H. The van der Waals surface area contributed by atoms with Crippen LogP contribution in [0.15, 0.2) is 185 Å². The Labute approximate surface area is 329 Å². The molecule has 5 heterocycles. The van der Waals surface area contributed by atoms with Crippen LogP contribution in [0.4, 0.5) is 0 Å². The smallest absolute Gasteiger partial charge is 0.238 e. The zero-order valence-corrected chi connectivity index (χ0v) is 30.8. The summed E-state index contributed by atoms with van der Waals surface area (Å²) >= 11 is 0. The molecule has 0 aliphatic rings. The van der Waals surface area contributed by atoms with Gasteiger partial charge in [0.05, 0.1) is 33.2 Å². The monoisotopic (exact) mass is 743 g/mol. The highest BCUT2D eigenvalue weighted by Crippen LogP contribution is 2.43. The minimum Gasteiger partial charge on any atom is -0.455 e. The Morgan fingerprint density at radius 3 is 1.34 bits per heavy atom. The summed E-state index contributed by atoms with van der Waals surface area (Å²) in [6.45, 7) is 0. The summed E-state index contributed by atoms with van der Waals surface area (Å²) in [6.07, 6.45) is 0. The fourth-order valence-corrected chi connectivity index (χ4v) is 9.14. The van der Waals surface area contributed by atoms with Gasteiger partial charge in [-0.05, 0) is 60.7 Å². The van der Waals surface area contributed by atoms with Crippen molar-refractivity contribution >= 4 is 87.5 Å². The van der Waals surface area contributed by atoms with E-state index in [0.29, 0.717) is 17.6 Å². The highest BCUT2D eigenvalue weighted by atomic mass is 16.3. The Morgan fingerprint density at radius 2 is 0.776 bits per heavy atom. The largest absolute Gasteiger partial charge is 0.455 e. The van der Waals surface area contributed by atoms with E-state index >= 15 is 0 Å². The normalized spacial score (nSPS) is 12.1. The third kappa shape index (κ3) is 4.30. The maximum absolute atomic E-state index is 6.56. The molecule has 13 aromatic rings. The first-order chi connectivity index (χ1) is 28.8. The second-order valence-electron chi connectivity index (χ2n) is 14.7. The molecule has 0 spiro atoms. The lowest BCUT2D eigenvalue weighted by atomic mass is 10.1. The molecule has 0 aliphatic heterocycles. The molecule has 58 heavy (non-hydrogen) atoms. The van der Waals surface area contributed by atoms with Gasteiger partial charge >= 0.3 is 0 Å². The van der Waals surface area contributed by atoms with Crippen molar-refractivity contribution in [2.75, 3.05) is 0 Å². The van der Waals surface area contributed by atoms with E-state index in [9.17, 15) is 0 Å². The zero-order valence-electron chi connectivity index (χ0n) is 30.8. The minimum absolute atomic E-state index is 0.499. The number of hydrogen-bond acceptors (Lipinski definition) is 5. The lowest BCUT2D eigenvalue weighted by molar-refractivity contribution is 0.669. The molecule has 0 unspecified atom stereocenters. The Bertz CT molecular complexity index is 3680. The van der Waals surface area contributed by atoms with Gasteiger partial charge in [-0.1, -0.05) is 115 Å². The van der Waals surface area contributed by atoms with E-state index in [1.165, 1.54) is 10.8 Å². The molecule has 0 saturated heterocycles. The molecule has 7 nitrogen and oxygen atoms in total. The molecule has 13 rings (SSSR count). The molecule has 0 atom stereocenters. The molecule has 0 aliphatic carbocycles. The van der Waals surface area contributed by atoms with Crippen molar-refractivity contribution in [3.05, 3.63) is 176 Å². The van der Waals surface area contributed by atoms with E-state index in [2.05, 4.69) is 124 Å². The topological polar surface area (TPSA) is 74.8 Å². The van der Waals surface area contributed by atoms with Crippen LogP contribution < -0.4 is 0 Å². The number of hydrogen-bond donors (Lipinski definition) is 0. The summed E-state index contributed by atoms with van der Waals surface area (Å²) in [5.41, 5.74) is 10.0. The predicted molar refractivity (Wildman–Crippen MR) is 234 cm³/mol. The summed E-state index contributed by atoms with van der Waals surface area (Å²) in [5, 5.41) is 8.71. The van der Waals surface area contributed by atoms with Gasteiger partial charge < -0.3 is 13.4 Å². The van der Waals surface area contributed by atoms with Crippen LogP contribution in [0.5, 0.6) is 0 Å². The first-order valence-corrected chi connectivity index (χ1v) is 19.4. The Hall–Kier alpha value is -8.03. The van der Waals surface area contributed by atoms with Gasteiger partial charge in [0, 0.05) is 48.8 Å². The van der Waals surface area contributed by atoms with E-state index in [-0.39, 0.29) is 0 Å². The zero-order chi connectivity index (χ0) is 37.9. The van der Waals surface area contributed by atoms with Crippen LogP contribution in [0.1, 0.15) is 0 Å². The van der Waals surface area contributed by atoms with Crippen molar-refractivity contribution in [3.63, 3.8) is 0 Å². The highest BCUT2D eigenvalue weighted by molar-refractivity contribution is 6.29. The second-order valence-corrected chi connectivity index (χ2v) is 14.7. The number of rotatable bonds is 4. The van der Waals surface area contributed by atoms with Gasteiger partial charge in [0.15, 0.2) is 11.6 Å². The second kappa shape index (κ2) is 11.7. The van der Waals surface area contributed by atoms with Crippen molar-refractivity contribution in [2.24, 2.45) is 0 Å². The Balaban J connectivity index is 1.15. The van der Waals surface area contributed by atoms with Crippen LogP contribution in [0, 0.1) is 0 Å². The maximum atomic E-state index is 6.56. The van der Waals surface area contributed by atoms with Gasteiger partial charge in [-0.25, -0.2) is 4.98 Å². The first-order valence-electron chi connectivity index (χ1n) is 19.4. The predicted octanol–water partition coefficient (Wildman–Crippen LogP) is 13.2. The van der Waals surface area contributed by atoms with Gasteiger partial charge in [-0.3, -0.25) is 4.57 Å². The van der Waals surface area contributed by atoms with Crippen molar-refractivity contribution in [1.29, 1.82) is 0 Å². The van der Waals surface area contributed by atoms with Gasteiger partial charge in [0.25, 0.3) is 0 Å². The highest BCUT2D eigenvalue weighted by Gasteiger charge is 2.24.